The number of nitrogens with one attached hydrogen (secondary N) is 1. The summed E-state index contributed by atoms with van der Waals surface area (Å²) in [6.45, 7) is -0.0677. The highest BCUT2D eigenvalue weighted by Crippen LogP contribution is 2.00. The Labute approximate surface area is 70.1 Å². The van der Waals surface area contributed by atoms with E-state index in [9.17, 15) is 4.79 Å². The molecule has 0 radical (unpaired) electrons. The van der Waals surface area contributed by atoms with Gasteiger partial charge in [0, 0.05) is 30.4 Å². The summed E-state index contributed by atoms with van der Waals surface area (Å²) in [5.41, 5.74) is 0.801. The van der Waals surface area contributed by atoms with Crippen molar-refractivity contribution in [2.24, 2.45) is 0 Å². The Morgan fingerprint density at radius 1 is 1.67 bits per heavy atom. The second kappa shape index (κ2) is 3.74. The fraction of sp³-hybridized carbons (Fsp3) is 0.222. The van der Waals surface area contributed by atoms with Crippen LogP contribution in [0.25, 0.3) is 0 Å². The van der Waals surface area contributed by atoms with Crippen LogP contribution < -0.4 is 5.56 Å². The Balaban J connectivity index is 3.22. The first-order chi connectivity index (χ1) is 5.79. The second-order valence-corrected chi connectivity index (χ2v) is 2.32. The maximum Gasteiger partial charge on any atom is 0.252 e. The molecule has 0 atom stereocenters. The summed E-state index contributed by atoms with van der Waals surface area (Å²) in [6.07, 6.45) is 6.97. The second-order valence-electron chi connectivity index (χ2n) is 2.32. The van der Waals surface area contributed by atoms with E-state index >= 15 is 0 Å². The molecule has 0 unspecified atom stereocenters. The minimum Gasteiger partial charge on any atom is -0.396 e. The van der Waals surface area contributed by atoms with Crippen molar-refractivity contribution >= 4 is 0 Å². The van der Waals surface area contributed by atoms with Crippen molar-refractivity contribution in [1.82, 2.24) is 4.98 Å². The van der Waals surface area contributed by atoms with E-state index in [4.69, 9.17) is 11.5 Å². The molecule has 62 valence electrons. The summed E-state index contributed by atoms with van der Waals surface area (Å²) in [7, 11) is 0. The number of aliphatic hydroxyl groups excluding tert-OH is 1. The predicted molar refractivity (Wildman–Crippen MR) is 45.8 cm³/mol. The molecule has 1 aromatic rings. The zero-order valence-corrected chi connectivity index (χ0v) is 6.50. The van der Waals surface area contributed by atoms with Gasteiger partial charge in [-0.05, 0) is 6.07 Å². The van der Waals surface area contributed by atoms with Crippen LogP contribution >= 0.6 is 0 Å². The lowest BCUT2D eigenvalue weighted by molar-refractivity contribution is 0.299. The molecular formula is C9H9NO2. The first kappa shape index (κ1) is 8.57. The average Bonchev–Trinajstić information content (AvgIpc) is 2.09. The van der Waals surface area contributed by atoms with Crippen LogP contribution in [0.2, 0.25) is 0 Å². The van der Waals surface area contributed by atoms with E-state index in [-0.39, 0.29) is 12.2 Å². The zero-order valence-electron chi connectivity index (χ0n) is 6.50. The molecule has 0 fully saturated rings. The monoisotopic (exact) mass is 163 g/mol. The van der Waals surface area contributed by atoms with Gasteiger partial charge in [0.05, 0.1) is 0 Å². The van der Waals surface area contributed by atoms with Crippen LogP contribution in [-0.4, -0.2) is 16.7 Å². The van der Waals surface area contributed by atoms with Crippen LogP contribution in [0.1, 0.15) is 11.1 Å². The van der Waals surface area contributed by atoms with Gasteiger partial charge < -0.3 is 10.1 Å². The van der Waals surface area contributed by atoms with Gasteiger partial charge in [-0.3, -0.25) is 4.79 Å². The van der Waals surface area contributed by atoms with Crippen LogP contribution in [0.4, 0.5) is 0 Å². The molecular weight excluding hydrogens is 154 g/mol. The van der Waals surface area contributed by atoms with Crippen molar-refractivity contribution < 1.29 is 5.11 Å². The highest BCUT2D eigenvalue weighted by atomic mass is 16.3. The maximum atomic E-state index is 11.1. The van der Waals surface area contributed by atoms with Crippen molar-refractivity contribution in [2.45, 2.75) is 6.42 Å². The third kappa shape index (κ3) is 1.55. The summed E-state index contributed by atoms with van der Waals surface area (Å²) >= 11 is 0. The molecule has 0 bridgehead atoms. The van der Waals surface area contributed by atoms with Crippen molar-refractivity contribution in [3.63, 3.8) is 0 Å². The van der Waals surface area contributed by atoms with Gasteiger partial charge in [-0.15, -0.1) is 6.42 Å². The van der Waals surface area contributed by atoms with Crippen LogP contribution in [0.3, 0.4) is 0 Å². The lowest BCUT2D eigenvalue weighted by Crippen LogP contribution is -2.15. The predicted octanol–water partition coefficient (Wildman–Crippen LogP) is -0.109. The lowest BCUT2D eigenvalue weighted by Gasteiger charge is -1.99. The SMILES string of the molecule is C#Cc1cc[nH]c(=O)c1CCO. The van der Waals surface area contributed by atoms with Crippen LogP contribution in [0.5, 0.6) is 0 Å². The Morgan fingerprint density at radius 3 is 3.00 bits per heavy atom. The largest absolute Gasteiger partial charge is 0.396 e. The molecule has 3 nitrogen and oxygen atoms in total. The third-order valence-corrected chi connectivity index (χ3v) is 1.58. The van der Waals surface area contributed by atoms with Crippen LogP contribution in [-0.2, 0) is 6.42 Å². The number of H-pyrrole nitrogens is 1. The topological polar surface area (TPSA) is 53.1 Å². The van der Waals surface area contributed by atoms with Crippen molar-refractivity contribution in [1.29, 1.82) is 0 Å². The van der Waals surface area contributed by atoms with E-state index in [1.54, 1.807) is 6.07 Å². The lowest BCUT2D eigenvalue weighted by atomic mass is 10.1. The number of hydrogen-bond donors (Lipinski definition) is 2. The number of aromatic amines is 1. The summed E-state index contributed by atoms with van der Waals surface area (Å²) in [4.78, 5) is 13.6. The first-order valence-electron chi connectivity index (χ1n) is 3.57. The minimum atomic E-state index is -0.223. The standard InChI is InChI=1S/C9H9NO2/c1-2-7-3-5-10-9(12)8(7)4-6-11/h1,3,5,11H,4,6H2,(H,10,12). The fourth-order valence-corrected chi connectivity index (χ4v) is 1.01. The fourth-order valence-electron chi connectivity index (χ4n) is 1.01. The number of hydrogen-bond acceptors (Lipinski definition) is 2. The van der Waals surface area contributed by atoms with Gasteiger partial charge in [-0.2, -0.15) is 0 Å². The quantitative estimate of drug-likeness (QED) is 0.598. The van der Waals surface area contributed by atoms with Crippen LogP contribution in [0.15, 0.2) is 17.1 Å². The first-order valence-corrected chi connectivity index (χ1v) is 3.57. The van der Waals surface area contributed by atoms with Crippen molar-refractivity contribution in [2.75, 3.05) is 6.61 Å². The van der Waals surface area contributed by atoms with E-state index in [0.29, 0.717) is 17.5 Å². The number of aliphatic hydroxyl groups is 1. The molecule has 12 heavy (non-hydrogen) atoms. The molecule has 0 saturated heterocycles. The maximum absolute atomic E-state index is 11.1. The number of rotatable bonds is 2. The van der Waals surface area contributed by atoms with Crippen molar-refractivity contribution in [3.05, 3.63) is 33.7 Å². The smallest absolute Gasteiger partial charge is 0.252 e. The van der Waals surface area contributed by atoms with Gasteiger partial charge in [0.2, 0.25) is 0 Å². The Kier molecular flexibility index (Phi) is 2.67. The van der Waals surface area contributed by atoms with Gasteiger partial charge >= 0.3 is 0 Å². The van der Waals surface area contributed by atoms with Gasteiger partial charge in [0.25, 0.3) is 5.56 Å². The molecule has 0 spiro atoms. The highest BCUT2D eigenvalue weighted by molar-refractivity contribution is 5.37. The molecule has 0 saturated carbocycles. The van der Waals surface area contributed by atoms with E-state index in [1.807, 2.05) is 0 Å². The van der Waals surface area contributed by atoms with Gasteiger partial charge in [-0.1, -0.05) is 5.92 Å². The number of pyridine rings is 1. The normalized spacial score (nSPS) is 9.33. The number of aromatic nitrogens is 1. The molecule has 1 heterocycles. The molecule has 0 amide bonds. The molecule has 1 rings (SSSR count). The zero-order chi connectivity index (χ0) is 8.97. The third-order valence-electron chi connectivity index (χ3n) is 1.58. The van der Waals surface area contributed by atoms with E-state index < -0.39 is 0 Å². The molecule has 1 aromatic heterocycles. The Hall–Kier alpha value is -1.53. The Bertz CT molecular complexity index is 360. The van der Waals surface area contributed by atoms with Crippen LogP contribution in [0, 0.1) is 12.3 Å². The molecule has 0 aromatic carbocycles. The molecule has 0 aliphatic rings. The van der Waals surface area contributed by atoms with Gasteiger partial charge in [0.1, 0.15) is 0 Å². The average molecular weight is 163 g/mol. The molecule has 3 heteroatoms. The van der Waals surface area contributed by atoms with E-state index in [1.165, 1.54) is 6.20 Å². The van der Waals surface area contributed by atoms with E-state index in [2.05, 4.69) is 10.9 Å². The molecule has 2 N–H and O–H groups in total. The summed E-state index contributed by atoms with van der Waals surface area (Å²) in [6, 6.07) is 1.65. The van der Waals surface area contributed by atoms with E-state index in [0.717, 1.165) is 0 Å². The van der Waals surface area contributed by atoms with Crippen molar-refractivity contribution in [3.8, 4) is 12.3 Å². The summed E-state index contributed by atoms with van der Waals surface area (Å²) in [5.74, 6) is 2.39. The summed E-state index contributed by atoms with van der Waals surface area (Å²) in [5, 5.41) is 8.64. The highest BCUT2D eigenvalue weighted by Gasteiger charge is 2.02. The van der Waals surface area contributed by atoms with Gasteiger partial charge in [-0.25, -0.2) is 0 Å². The summed E-state index contributed by atoms with van der Waals surface area (Å²) < 4.78 is 0. The molecule has 0 aliphatic carbocycles. The minimum absolute atomic E-state index is 0.0677. The molecule has 0 aliphatic heterocycles. The number of terminal acetylenes is 1. The van der Waals surface area contributed by atoms with Gasteiger partial charge in [0.15, 0.2) is 0 Å². The Morgan fingerprint density at radius 2 is 2.42 bits per heavy atom.